The molecule has 166 valence electrons. The number of fused-ring (bicyclic) bond motifs is 1. The Morgan fingerprint density at radius 1 is 1.03 bits per heavy atom. The van der Waals surface area contributed by atoms with Gasteiger partial charge < -0.3 is 18.9 Å². The van der Waals surface area contributed by atoms with E-state index in [4.69, 9.17) is 18.9 Å². The molecule has 0 bridgehead atoms. The van der Waals surface area contributed by atoms with Crippen LogP contribution in [0, 0.1) is 0 Å². The van der Waals surface area contributed by atoms with Crippen LogP contribution in [0.5, 0.6) is 11.5 Å². The number of ketones is 1. The first kappa shape index (κ1) is 22.6. The van der Waals surface area contributed by atoms with Crippen molar-refractivity contribution >= 4 is 11.8 Å². The van der Waals surface area contributed by atoms with Crippen LogP contribution in [-0.2, 0) is 14.3 Å². The van der Waals surface area contributed by atoms with E-state index in [1.807, 2.05) is 6.07 Å². The SMILES string of the molecule is COc1cc(OC)c2c(c1)C(CCCCCC(=O)CCCC1CCC(C)O1)OC2=O. The summed E-state index contributed by atoms with van der Waals surface area (Å²) in [6.45, 7) is 2.11. The third-order valence-electron chi connectivity index (χ3n) is 6.09. The Morgan fingerprint density at radius 2 is 1.83 bits per heavy atom. The van der Waals surface area contributed by atoms with Gasteiger partial charge in [-0.05, 0) is 57.9 Å². The zero-order valence-electron chi connectivity index (χ0n) is 18.4. The number of carbonyl (C=O) groups excluding carboxylic acids is 2. The lowest BCUT2D eigenvalue weighted by atomic mass is 9.98. The summed E-state index contributed by atoms with van der Waals surface area (Å²) >= 11 is 0. The normalized spacial score (nSPS) is 22.6. The number of benzene rings is 1. The van der Waals surface area contributed by atoms with Crippen LogP contribution >= 0.6 is 0 Å². The molecule has 2 heterocycles. The summed E-state index contributed by atoms with van der Waals surface area (Å²) in [6.07, 6.45) is 9.38. The largest absolute Gasteiger partial charge is 0.497 e. The summed E-state index contributed by atoms with van der Waals surface area (Å²) in [5, 5.41) is 0. The van der Waals surface area contributed by atoms with Crippen molar-refractivity contribution in [1.29, 1.82) is 0 Å². The van der Waals surface area contributed by atoms with Crippen molar-refractivity contribution < 1.29 is 28.5 Å². The number of carbonyl (C=O) groups is 2. The maximum absolute atomic E-state index is 12.3. The van der Waals surface area contributed by atoms with Crippen LogP contribution in [0.4, 0.5) is 0 Å². The molecule has 0 spiro atoms. The molecule has 1 aromatic carbocycles. The number of esters is 1. The van der Waals surface area contributed by atoms with E-state index in [9.17, 15) is 9.59 Å². The van der Waals surface area contributed by atoms with Gasteiger partial charge in [0, 0.05) is 24.5 Å². The molecule has 1 fully saturated rings. The Hall–Kier alpha value is -2.08. The highest BCUT2D eigenvalue weighted by Crippen LogP contribution is 2.41. The Kier molecular flexibility index (Phi) is 8.14. The molecule has 6 nitrogen and oxygen atoms in total. The van der Waals surface area contributed by atoms with Crippen LogP contribution in [0.25, 0.3) is 0 Å². The number of cyclic esters (lactones) is 1. The Bertz CT molecular complexity index is 743. The standard InChI is InChI=1S/C24H34O6/c1-16-12-13-18(29-16)10-7-9-17(25)8-5-4-6-11-21-20-14-19(27-2)15-22(28-3)23(20)24(26)30-21/h14-16,18,21H,4-13H2,1-3H3. The second-order valence-corrected chi connectivity index (χ2v) is 8.36. The zero-order chi connectivity index (χ0) is 21.5. The van der Waals surface area contributed by atoms with Gasteiger partial charge >= 0.3 is 5.97 Å². The summed E-state index contributed by atoms with van der Waals surface area (Å²) in [5.74, 6) is 1.13. The summed E-state index contributed by atoms with van der Waals surface area (Å²) in [4.78, 5) is 24.4. The van der Waals surface area contributed by atoms with E-state index >= 15 is 0 Å². The number of hydrogen-bond acceptors (Lipinski definition) is 6. The van der Waals surface area contributed by atoms with Gasteiger partial charge in [0.1, 0.15) is 28.9 Å². The van der Waals surface area contributed by atoms with E-state index in [1.54, 1.807) is 13.2 Å². The van der Waals surface area contributed by atoms with Gasteiger partial charge in [-0.15, -0.1) is 0 Å². The second kappa shape index (κ2) is 10.8. The molecular formula is C24H34O6. The van der Waals surface area contributed by atoms with E-state index in [2.05, 4.69) is 6.92 Å². The zero-order valence-corrected chi connectivity index (χ0v) is 18.4. The third-order valence-corrected chi connectivity index (χ3v) is 6.09. The first-order valence-electron chi connectivity index (χ1n) is 11.2. The fraction of sp³-hybridized carbons (Fsp3) is 0.667. The van der Waals surface area contributed by atoms with Crippen LogP contribution in [0.15, 0.2) is 12.1 Å². The maximum atomic E-state index is 12.3. The van der Waals surface area contributed by atoms with Gasteiger partial charge in [-0.1, -0.05) is 6.42 Å². The number of unbranched alkanes of at least 4 members (excludes halogenated alkanes) is 2. The van der Waals surface area contributed by atoms with E-state index in [1.165, 1.54) is 7.11 Å². The number of rotatable bonds is 12. The third kappa shape index (κ3) is 5.75. The van der Waals surface area contributed by atoms with E-state index in [0.717, 1.165) is 56.9 Å². The molecule has 0 radical (unpaired) electrons. The van der Waals surface area contributed by atoms with Gasteiger partial charge in [-0.3, -0.25) is 4.79 Å². The van der Waals surface area contributed by atoms with Crippen molar-refractivity contribution in [1.82, 2.24) is 0 Å². The number of ether oxygens (including phenoxy) is 4. The lowest BCUT2D eigenvalue weighted by Crippen LogP contribution is -2.09. The summed E-state index contributed by atoms with van der Waals surface area (Å²) in [6, 6.07) is 3.55. The molecule has 6 heteroatoms. The predicted molar refractivity (Wildman–Crippen MR) is 113 cm³/mol. The van der Waals surface area contributed by atoms with Crippen molar-refractivity contribution in [2.24, 2.45) is 0 Å². The molecule has 30 heavy (non-hydrogen) atoms. The molecule has 2 aliphatic rings. The lowest BCUT2D eigenvalue weighted by Gasteiger charge is -2.12. The minimum Gasteiger partial charge on any atom is -0.497 e. The van der Waals surface area contributed by atoms with E-state index < -0.39 is 0 Å². The Morgan fingerprint density at radius 3 is 2.53 bits per heavy atom. The summed E-state index contributed by atoms with van der Waals surface area (Å²) in [5.41, 5.74) is 1.33. The van der Waals surface area contributed by atoms with Crippen molar-refractivity contribution in [3.8, 4) is 11.5 Å². The highest BCUT2D eigenvalue weighted by molar-refractivity contribution is 5.97. The Balaban J connectivity index is 1.35. The van der Waals surface area contributed by atoms with Gasteiger partial charge in [-0.2, -0.15) is 0 Å². The molecule has 2 aliphatic heterocycles. The molecule has 3 rings (SSSR count). The topological polar surface area (TPSA) is 71.1 Å². The van der Waals surface area contributed by atoms with Gasteiger partial charge in [0.15, 0.2) is 0 Å². The van der Waals surface area contributed by atoms with Gasteiger partial charge in [0.25, 0.3) is 0 Å². The molecular weight excluding hydrogens is 384 g/mol. The molecule has 3 unspecified atom stereocenters. The minimum absolute atomic E-state index is 0.277. The van der Waals surface area contributed by atoms with E-state index in [-0.39, 0.29) is 12.1 Å². The predicted octanol–water partition coefficient (Wildman–Crippen LogP) is 5.17. The summed E-state index contributed by atoms with van der Waals surface area (Å²) < 4.78 is 22.0. The van der Waals surface area contributed by atoms with E-state index in [0.29, 0.717) is 47.9 Å². The average Bonchev–Trinajstić information content (AvgIpc) is 3.29. The van der Waals surface area contributed by atoms with Crippen molar-refractivity contribution in [2.45, 2.75) is 89.4 Å². The van der Waals surface area contributed by atoms with Gasteiger partial charge in [-0.25, -0.2) is 4.79 Å². The summed E-state index contributed by atoms with van der Waals surface area (Å²) in [7, 11) is 3.13. The molecule has 0 saturated carbocycles. The minimum atomic E-state index is -0.342. The quantitative estimate of drug-likeness (QED) is 0.344. The van der Waals surface area contributed by atoms with Crippen LogP contribution < -0.4 is 9.47 Å². The van der Waals surface area contributed by atoms with Crippen molar-refractivity contribution in [2.75, 3.05) is 14.2 Å². The fourth-order valence-electron chi connectivity index (χ4n) is 4.41. The van der Waals surface area contributed by atoms with Gasteiger partial charge in [0.05, 0.1) is 26.4 Å². The number of methoxy groups -OCH3 is 2. The monoisotopic (exact) mass is 418 g/mol. The maximum Gasteiger partial charge on any atom is 0.342 e. The van der Waals surface area contributed by atoms with Crippen LogP contribution in [0.3, 0.4) is 0 Å². The average molecular weight is 419 g/mol. The number of hydrogen-bond donors (Lipinski definition) is 0. The molecule has 0 aromatic heterocycles. The molecule has 0 N–H and O–H groups in total. The van der Waals surface area contributed by atoms with Crippen molar-refractivity contribution in [3.05, 3.63) is 23.3 Å². The molecule has 1 aromatic rings. The second-order valence-electron chi connectivity index (χ2n) is 8.36. The number of Topliss-reactive ketones (excluding diaryl/α,β-unsaturated/α-hetero) is 1. The first-order valence-corrected chi connectivity index (χ1v) is 11.2. The lowest BCUT2D eigenvalue weighted by molar-refractivity contribution is -0.119. The molecule has 1 saturated heterocycles. The molecule has 0 aliphatic carbocycles. The highest BCUT2D eigenvalue weighted by Gasteiger charge is 2.34. The first-order chi connectivity index (χ1) is 14.5. The van der Waals surface area contributed by atoms with Crippen LogP contribution in [0.1, 0.15) is 93.2 Å². The molecule has 0 amide bonds. The highest BCUT2D eigenvalue weighted by atomic mass is 16.6. The van der Waals surface area contributed by atoms with Gasteiger partial charge in [0.2, 0.25) is 0 Å². The van der Waals surface area contributed by atoms with Crippen LogP contribution in [-0.4, -0.2) is 38.2 Å². The fourth-order valence-corrected chi connectivity index (χ4v) is 4.41. The Labute approximate surface area is 179 Å². The van der Waals surface area contributed by atoms with Crippen molar-refractivity contribution in [3.63, 3.8) is 0 Å². The smallest absolute Gasteiger partial charge is 0.342 e. The van der Waals surface area contributed by atoms with Crippen LogP contribution in [0.2, 0.25) is 0 Å². The molecule has 3 atom stereocenters.